The molecule has 142 valence electrons. The van der Waals surface area contributed by atoms with Crippen molar-refractivity contribution in [1.29, 1.82) is 0 Å². The number of ketones is 1. The lowest BCUT2D eigenvalue weighted by atomic mass is 9.65. The Bertz CT molecular complexity index is 1130. The summed E-state index contributed by atoms with van der Waals surface area (Å²) in [7, 11) is 12.3. The molecule has 0 amide bonds. The Balaban J connectivity index is 1.97. The summed E-state index contributed by atoms with van der Waals surface area (Å²) < 4.78 is 60.0. The van der Waals surface area contributed by atoms with Crippen LogP contribution in [0.3, 0.4) is 0 Å². The largest absolute Gasteiger partial charge is 0.467 e. The van der Waals surface area contributed by atoms with Crippen molar-refractivity contribution in [2.24, 2.45) is 5.73 Å². The van der Waals surface area contributed by atoms with Gasteiger partial charge in [-0.15, -0.1) is 0 Å². The number of benzene rings is 2. The molecule has 1 atom stereocenters. The summed E-state index contributed by atoms with van der Waals surface area (Å²) in [4.78, 5) is 12.7. The molecule has 1 aliphatic rings. The Morgan fingerprint density at radius 3 is 2.34 bits per heavy atom. The van der Waals surface area contributed by atoms with Crippen molar-refractivity contribution in [1.82, 2.24) is 0 Å². The maximum atomic E-state index is 14.1. The molecule has 0 fully saturated rings. The van der Waals surface area contributed by atoms with Crippen LogP contribution in [0.2, 0.25) is 0 Å². The van der Waals surface area contributed by atoms with Crippen LogP contribution in [0.1, 0.15) is 11.1 Å². The zero-order chi connectivity index (χ0) is 21.6. The number of Topliss-reactive ketones (excluding diaryl/α,β-unsaturated/α-hetero) is 1. The summed E-state index contributed by atoms with van der Waals surface area (Å²) in [6, 6.07) is 9.31. The van der Waals surface area contributed by atoms with Gasteiger partial charge in [0.05, 0.1) is 20.2 Å². The van der Waals surface area contributed by atoms with Gasteiger partial charge in [-0.2, -0.15) is 8.42 Å². The van der Waals surface area contributed by atoms with Gasteiger partial charge in [-0.05, 0) is 23.8 Å². The van der Waals surface area contributed by atoms with Gasteiger partial charge in [-0.25, -0.2) is 8.78 Å². The monoisotopic (exact) mass is 411 g/mol. The summed E-state index contributed by atoms with van der Waals surface area (Å²) in [5.41, 5.74) is 2.11. The highest BCUT2D eigenvalue weighted by molar-refractivity contribution is 7.90. The third-order valence-electron chi connectivity index (χ3n) is 4.20. The van der Waals surface area contributed by atoms with Gasteiger partial charge in [-0.3, -0.25) is 4.79 Å². The first-order valence-corrected chi connectivity index (χ1v) is 9.36. The molecule has 0 spiro atoms. The maximum Gasteiger partial charge on any atom is 0.302 e. The van der Waals surface area contributed by atoms with E-state index in [9.17, 15) is 22.0 Å². The molecular weight excluding hydrogens is 401 g/mol. The second-order valence-corrected chi connectivity index (χ2v) is 7.93. The summed E-state index contributed by atoms with van der Waals surface area (Å²) >= 11 is 0. The molecule has 6 nitrogen and oxygen atoms in total. The fraction of sp³-hybridized carbons (Fsp3) is 0.118. The van der Waals surface area contributed by atoms with Crippen molar-refractivity contribution in [2.75, 3.05) is 0 Å². The second-order valence-electron chi connectivity index (χ2n) is 6.18. The number of nitrogens with two attached hydrogens (primary N) is 1. The Labute approximate surface area is 169 Å². The minimum absolute atomic E-state index is 0.0549. The van der Waals surface area contributed by atoms with Gasteiger partial charge in [0.1, 0.15) is 11.6 Å². The highest BCUT2D eigenvalue weighted by Gasteiger charge is 2.51. The first-order valence-electron chi connectivity index (χ1n) is 7.95. The minimum atomic E-state index is -4.92. The van der Waals surface area contributed by atoms with E-state index in [1.54, 1.807) is 6.07 Å². The normalized spacial score (nSPS) is 19.9. The molecule has 0 saturated heterocycles. The number of carbonyl (C=O) groups is 1. The summed E-state index contributed by atoms with van der Waals surface area (Å²) in [5, 5.41) is 0. The fourth-order valence-corrected chi connectivity index (χ4v) is 3.55. The highest BCUT2D eigenvalue weighted by atomic mass is 32.2. The van der Waals surface area contributed by atoms with Gasteiger partial charge in [0.15, 0.2) is 13.3 Å². The Kier molecular flexibility index (Phi) is 5.02. The highest BCUT2D eigenvalue weighted by Crippen LogP contribution is 2.39. The van der Waals surface area contributed by atoms with Crippen LogP contribution in [-0.4, -0.2) is 37.7 Å². The zero-order valence-corrected chi connectivity index (χ0v) is 15.5. The quantitative estimate of drug-likeness (QED) is 0.570. The molecule has 0 bridgehead atoms. The van der Waals surface area contributed by atoms with Crippen molar-refractivity contribution in [3.63, 3.8) is 0 Å². The van der Waals surface area contributed by atoms with Crippen LogP contribution < -0.4 is 5.73 Å². The van der Waals surface area contributed by atoms with Gasteiger partial charge >= 0.3 is 10.1 Å². The van der Waals surface area contributed by atoms with E-state index in [2.05, 4.69) is 0 Å². The first kappa shape index (κ1) is 21.0. The van der Waals surface area contributed by atoms with E-state index in [0.29, 0.717) is 12.1 Å². The van der Waals surface area contributed by atoms with Crippen molar-refractivity contribution in [3.8, 4) is 0 Å². The molecule has 2 N–H and O–H groups in total. The standard InChI is InChI=1S/C17H10B3F2NO5S/c18-16(11-8-10(21)6-7-12(11)22)14(24)13(15(23)27-16)28-29(25,26)17(19,20)9-4-2-1-3-5-9/h1-8H,23H2/t16-/m0/s1. The van der Waals surface area contributed by atoms with Gasteiger partial charge in [0.25, 0.3) is 0 Å². The first-order chi connectivity index (χ1) is 13.4. The van der Waals surface area contributed by atoms with Gasteiger partial charge in [-0.1, -0.05) is 30.3 Å². The molecule has 0 aliphatic carbocycles. The lowest BCUT2D eigenvalue weighted by Crippen LogP contribution is -2.40. The third kappa shape index (κ3) is 3.41. The van der Waals surface area contributed by atoms with Crippen LogP contribution in [0.15, 0.2) is 60.2 Å². The Morgan fingerprint density at radius 1 is 1.10 bits per heavy atom. The van der Waals surface area contributed by atoms with Crippen molar-refractivity contribution in [2.45, 2.75) is 10.0 Å². The van der Waals surface area contributed by atoms with E-state index >= 15 is 0 Å². The Hall–Kier alpha value is -2.75. The predicted molar refractivity (Wildman–Crippen MR) is 101 cm³/mol. The molecule has 2 aromatic rings. The number of halogens is 2. The van der Waals surface area contributed by atoms with Crippen LogP contribution in [0.4, 0.5) is 8.78 Å². The Morgan fingerprint density at radius 2 is 1.72 bits per heavy atom. The number of hydrogen-bond acceptors (Lipinski definition) is 6. The molecule has 6 radical (unpaired) electrons. The van der Waals surface area contributed by atoms with E-state index in [4.69, 9.17) is 38.2 Å². The van der Waals surface area contributed by atoms with Crippen LogP contribution >= 0.6 is 0 Å². The van der Waals surface area contributed by atoms with Gasteiger partial charge in [0.2, 0.25) is 17.4 Å². The van der Waals surface area contributed by atoms with Crippen LogP contribution in [0.5, 0.6) is 0 Å². The smallest absolute Gasteiger partial charge is 0.302 e. The van der Waals surface area contributed by atoms with Gasteiger partial charge in [0, 0.05) is 5.56 Å². The molecule has 12 heteroatoms. The average Bonchev–Trinajstić information content (AvgIpc) is 2.88. The fourth-order valence-electron chi connectivity index (χ4n) is 2.61. The molecule has 29 heavy (non-hydrogen) atoms. The van der Waals surface area contributed by atoms with Crippen molar-refractivity contribution in [3.05, 3.63) is 82.9 Å². The minimum Gasteiger partial charge on any atom is -0.467 e. The third-order valence-corrected chi connectivity index (χ3v) is 5.65. The number of carbonyl (C=O) groups excluding carboxylic acids is 1. The van der Waals surface area contributed by atoms with E-state index in [0.717, 1.165) is 6.07 Å². The summed E-state index contributed by atoms with van der Waals surface area (Å²) in [6.07, 6.45) is 0. The lowest BCUT2D eigenvalue weighted by molar-refractivity contribution is -0.126. The zero-order valence-electron chi connectivity index (χ0n) is 14.6. The topological polar surface area (TPSA) is 95.7 Å². The molecule has 0 saturated carbocycles. The van der Waals surface area contributed by atoms with Crippen LogP contribution in [0.25, 0.3) is 0 Å². The van der Waals surface area contributed by atoms with Crippen molar-refractivity contribution >= 4 is 39.4 Å². The van der Waals surface area contributed by atoms with Crippen molar-refractivity contribution < 1.29 is 30.9 Å². The summed E-state index contributed by atoms with van der Waals surface area (Å²) in [6.45, 7) is 0. The van der Waals surface area contributed by atoms with E-state index in [1.165, 1.54) is 24.3 Å². The molecule has 3 rings (SSSR count). The van der Waals surface area contributed by atoms with Crippen LogP contribution in [-0.2, 0) is 33.9 Å². The molecule has 1 aliphatic heterocycles. The molecule has 2 aromatic carbocycles. The molecule has 0 aromatic heterocycles. The average molecular weight is 411 g/mol. The number of hydrogen-bond donors (Lipinski definition) is 1. The van der Waals surface area contributed by atoms with E-state index in [-0.39, 0.29) is 5.56 Å². The van der Waals surface area contributed by atoms with E-state index in [1.807, 2.05) is 0 Å². The maximum absolute atomic E-state index is 14.1. The SMILES string of the molecule is [B]C([B])(c1ccccc1)S(=O)(=O)OC1=C(N)O[C@@]([B])(c2cc(F)ccc2F)C1=O. The lowest BCUT2D eigenvalue weighted by Gasteiger charge is -2.26. The van der Waals surface area contributed by atoms with E-state index < -0.39 is 54.8 Å². The summed E-state index contributed by atoms with van der Waals surface area (Å²) in [5.74, 6) is -5.31. The molecule has 0 unspecified atom stereocenters. The predicted octanol–water partition coefficient (Wildman–Crippen LogP) is 0.507. The molecular formula is C17H10B3F2NO5S. The van der Waals surface area contributed by atoms with Gasteiger partial charge < -0.3 is 14.7 Å². The molecule has 1 heterocycles. The van der Waals surface area contributed by atoms with Crippen LogP contribution in [0, 0.1) is 11.6 Å². The second kappa shape index (κ2) is 6.94. The number of rotatable bonds is 5. The number of ether oxygens (including phenoxy) is 1.